The van der Waals surface area contributed by atoms with Crippen LogP contribution in [-0.2, 0) is 11.2 Å². The van der Waals surface area contributed by atoms with E-state index in [1.54, 1.807) is 0 Å². The topological polar surface area (TPSA) is 63.7 Å². The molecule has 0 saturated heterocycles. The van der Waals surface area contributed by atoms with Crippen LogP contribution < -0.4 is 5.32 Å². The zero-order valence-electron chi connectivity index (χ0n) is 16.4. The van der Waals surface area contributed by atoms with Crippen molar-refractivity contribution >= 4 is 22.8 Å². The average Bonchev–Trinajstić information content (AvgIpc) is 3.05. The largest absolute Gasteiger partial charge is 0.361 e. The van der Waals surface area contributed by atoms with Crippen LogP contribution in [0.5, 0.6) is 0 Å². The van der Waals surface area contributed by atoms with Crippen molar-refractivity contribution in [2.75, 3.05) is 39.8 Å². The van der Waals surface area contributed by atoms with Crippen molar-refractivity contribution in [3.8, 4) is 0 Å². The van der Waals surface area contributed by atoms with Gasteiger partial charge in [0.1, 0.15) is 0 Å². The fourth-order valence-electron chi connectivity index (χ4n) is 3.04. The number of hydrogen-bond donors (Lipinski definition) is 2. The third-order valence-electron chi connectivity index (χ3n) is 4.50. The molecule has 142 valence electrons. The summed E-state index contributed by atoms with van der Waals surface area (Å²) in [5.74, 6) is 0.896. The number of fused-ring (bicyclic) bond motifs is 1. The summed E-state index contributed by atoms with van der Waals surface area (Å²) in [6, 6.07) is 8.30. The Hall–Kier alpha value is -2.50. The minimum atomic E-state index is 0.125. The lowest BCUT2D eigenvalue weighted by Crippen LogP contribution is -2.45. The van der Waals surface area contributed by atoms with Crippen LogP contribution >= 0.6 is 0 Å². The molecule has 1 aromatic carbocycles. The Bertz CT molecular complexity index is 733. The number of hydrogen-bond acceptors (Lipinski definition) is 2. The molecule has 0 saturated carbocycles. The van der Waals surface area contributed by atoms with Crippen molar-refractivity contribution < 1.29 is 4.79 Å². The molecule has 1 heterocycles. The Morgan fingerprint density at radius 2 is 1.92 bits per heavy atom. The molecule has 0 aliphatic heterocycles. The van der Waals surface area contributed by atoms with Gasteiger partial charge in [0.2, 0.25) is 5.91 Å². The van der Waals surface area contributed by atoms with Crippen molar-refractivity contribution in [1.82, 2.24) is 20.1 Å². The van der Waals surface area contributed by atoms with Gasteiger partial charge in [0.05, 0.1) is 6.54 Å². The highest BCUT2D eigenvalue weighted by molar-refractivity contribution is 5.86. The lowest BCUT2D eigenvalue weighted by Gasteiger charge is -2.25. The zero-order chi connectivity index (χ0) is 18.9. The quantitative estimate of drug-likeness (QED) is 0.563. The monoisotopic (exact) mass is 357 g/mol. The van der Waals surface area contributed by atoms with E-state index in [0.717, 1.165) is 37.5 Å². The maximum atomic E-state index is 12.3. The van der Waals surface area contributed by atoms with Crippen LogP contribution in [0.15, 0.2) is 35.5 Å². The molecule has 26 heavy (non-hydrogen) atoms. The number of nitrogens with zero attached hydrogens (tertiary/aromatic N) is 3. The molecule has 2 rings (SSSR count). The lowest BCUT2D eigenvalue weighted by atomic mass is 10.1. The number of rotatable bonds is 8. The highest BCUT2D eigenvalue weighted by atomic mass is 16.2. The molecule has 0 atom stereocenters. The number of nitrogens with one attached hydrogen (secondary N) is 2. The molecule has 2 aromatic rings. The number of aromatic nitrogens is 1. The van der Waals surface area contributed by atoms with Gasteiger partial charge in [0, 0.05) is 50.3 Å². The van der Waals surface area contributed by atoms with Gasteiger partial charge in [-0.2, -0.15) is 0 Å². The fourth-order valence-corrected chi connectivity index (χ4v) is 3.04. The van der Waals surface area contributed by atoms with E-state index in [4.69, 9.17) is 4.99 Å². The molecule has 1 aromatic heterocycles. The molecular weight excluding hydrogens is 326 g/mol. The number of benzene rings is 1. The Balaban J connectivity index is 2.00. The number of aromatic amines is 1. The van der Waals surface area contributed by atoms with E-state index in [2.05, 4.69) is 34.7 Å². The van der Waals surface area contributed by atoms with Crippen LogP contribution in [0, 0.1) is 0 Å². The molecule has 0 fully saturated rings. The van der Waals surface area contributed by atoms with Crippen LogP contribution in [0.1, 0.15) is 26.3 Å². The predicted octanol–water partition coefficient (Wildman–Crippen LogP) is 2.48. The second-order valence-electron chi connectivity index (χ2n) is 6.27. The van der Waals surface area contributed by atoms with Crippen LogP contribution in [0.25, 0.3) is 10.9 Å². The number of H-pyrrole nitrogens is 1. The first-order valence-electron chi connectivity index (χ1n) is 9.42. The van der Waals surface area contributed by atoms with Crippen molar-refractivity contribution in [2.24, 2.45) is 4.99 Å². The van der Waals surface area contributed by atoms with Crippen LogP contribution in [-0.4, -0.2) is 66.4 Å². The highest BCUT2D eigenvalue weighted by Crippen LogP contribution is 2.17. The van der Waals surface area contributed by atoms with Crippen LogP contribution in [0.3, 0.4) is 0 Å². The number of aliphatic imine (C=N–C) groups is 1. The third kappa shape index (κ3) is 5.00. The molecule has 0 unspecified atom stereocenters. The third-order valence-corrected chi connectivity index (χ3v) is 4.50. The molecule has 2 N–H and O–H groups in total. The molecule has 6 nitrogen and oxygen atoms in total. The van der Waals surface area contributed by atoms with E-state index in [1.807, 2.05) is 43.7 Å². The van der Waals surface area contributed by atoms with E-state index in [0.29, 0.717) is 13.1 Å². The summed E-state index contributed by atoms with van der Waals surface area (Å²) in [6.07, 6.45) is 2.91. The number of carbonyl (C=O) groups is 1. The SMILES string of the molecule is CCNC(=NCCc1c[nH]c2ccccc12)N(C)CC(=O)N(CC)CC. The summed E-state index contributed by atoms with van der Waals surface area (Å²) in [4.78, 5) is 24.1. The van der Waals surface area contributed by atoms with Gasteiger partial charge in [0.15, 0.2) is 5.96 Å². The maximum Gasteiger partial charge on any atom is 0.242 e. The van der Waals surface area contributed by atoms with Gasteiger partial charge in [-0.05, 0) is 38.8 Å². The molecule has 1 amide bonds. The van der Waals surface area contributed by atoms with Gasteiger partial charge in [-0.25, -0.2) is 0 Å². The second-order valence-corrected chi connectivity index (χ2v) is 6.27. The first kappa shape index (κ1) is 19.8. The summed E-state index contributed by atoms with van der Waals surface area (Å²) < 4.78 is 0. The van der Waals surface area contributed by atoms with Crippen LogP contribution in [0.2, 0.25) is 0 Å². The Morgan fingerprint density at radius 3 is 2.62 bits per heavy atom. The number of guanidine groups is 1. The predicted molar refractivity (Wildman–Crippen MR) is 109 cm³/mol. The molecule has 6 heteroatoms. The Kier molecular flexibility index (Phi) is 7.51. The van der Waals surface area contributed by atoms with Gasteiger partial charge in [0.25, 0.3) is 0 Å². The van der Waals surface area contributed by atoms with Gasteiger partial charge < -0.3 is 20.1 Å². The molecule has 0 radical (unpaired) electrons. The van der Waals surface area contributed by atoms with Crippen molar-refractivity contribution in [3.63, 3.8) is 0 Å². The molecule has 0 aliphatic carbocycles. The molecule has 0 aliphatic rings. The van der Waals surface area contributed by atoms with Gasteiger partial charge >= 0.3 is 0 Å². The summed E-state index contributed by atoms with van der Waals surface area (Å²) in [5.41, 5.74) is 2.42. The zero-order valence-corrected chi connectivity index (χ0v) is 16.4. The molecular formula is C20H31N5O. The standard InChI is InChI=1S/C20H31N5O/c1-5-21-20(24(4)15-19(26)25(6-2)7-3)22-13-12-16-14-23-18-11-9-8-10-17(16)18/h8-11,14,23H,5-7,12-13,15H2,1-4H3,(H,21,22). The number of likely N-dealkylation sites (N-methyl/N-ethyl adjacent to an activating group) is 2. The van der Waals surface area contributed by atoms with E-state index in [9.17, 15) is 4.79 Å². The van der Waals surface area contributed by atoms with Crippen LogP contribution in [0.4, 0.5) is 0 Å². The summed E-state index contributed by atoms with van der Waals surface area (Å²) in [7, 11) is 1.91. The first-order chi connectivity index (χ1) is 12.6. The van der Waals surface area contributed by atoms with E-state index in [-0.39, 0.29) is 5.91 Å². The van der Waals surface area contributed by atoms with Crippen molar-refractivity contribution in [2.45, 2.75) is 27.2 Å². The first-order valence-corrected chi connectivity index (χ1v) is 9.42. The average molecular weight is 358 g/mol. The fraction of sp³-hybridized carbons (Fsp3) is 0.500. The summed E-state index contributed by atoms with van der Waals surface area (Å²) in [5, 5.41) is 4.53. The van der Waals surface area contributed by atoms with Crippen molar-refractivity contribution in [1.29, 1.82) is 0 Å². The van der Waals surface area contributed by atoms with E-state index < -0.39 is 0 Å². The van der Waals surface area contributed by atoms with Gasteiger partial charge in [-0.3, -0.25) is 9.79 Å². The van der Waals surface area contributed by atoms with Gasteiger partial charge in [-0.1, -0.05) is 18.2 Å². The normalized spacial score (nSPS) is 11.6. The number of amides is 1. The number of carbonyl (C=O) groups excluding carboxylic acids is 1. The highest BCUT2D eigenvalue weighted by Gasteiger charge is 2.15. The van der Waals surface area contributed by atoms with E-state index in [1.165, 1.54) is 10.9 Å². The Labute approximate surface area is 156 Å². The van der Waals surface area contributed by atoms with Crippen molar-refractivity contribution in [3.05, 3.63) is 36.0 Å². The van der Waals surface area contributed by atoms with E-state index >= 15 is 0 Å². The van der Waals surface area contributed by atoms with Gasteiger partial charge in [-0.15, -0.1) is 0 Å². The lowest BCUT2D eigenvalue weighted by molar-refractivity contribution is -0.131. The minimum absolute atomic E-state index is 0.125. The second kappa shape index (κ2) is 9.85. The Morgan fingerprint density at radius 1 is 1.19 bits per heavy atom. The smallest absolute Gasteiger partial charge is 0.242 e. The maximum absolute atomic E-state index is 12.3. The summed E-state index contributed by atoms with van der Waals surface area (Å²) >= 11 is 0. The number of para-hydroxylation sites is 1. The minimum Gasteiger partial charge on any atom is -0.361 e. The summed E-state index contributed by atoms with van der Waals surface area (Å²) in [6.45, 7) is 9.29. The molecule has 0 spiro atoms. The molecule has 0 bridgehead atoms.